The zero-order valence-electron chi connectivity index (χ0n) is 15.3. The molecular formula is C19H30N4O2. The maximum atomic E-state index is 13.4. The molecule has 2 aliphatic rings. The van der Waals surface area contributed by atoms with E-state index in [0.717, 1.165) is 57.9 Å². The molecule has 0 aromatic heterocycles. The predicted octanol–water partition coefficient (Wildman–Crippen LogP) is 0.891. The third kappa shape index (κ3) is 4.32. The topological polar surface area (TPSA) is 59.1 Å². The molecule has 6 nitrogen and oxygen atoms in total. The van der Waals surface area contributed by atoms with Crippen molar-refractivity contribution < 1.29 is 9.90 Å². The van der Waals surface area contributed by atoms with E-state index >= 15 is 0 Å². The molecule has 1 amide bonds. The van der Waals surface area contributed by atoms with Crippen molar-refractivity contribution in [1.82, 2.24) is 20.0 Å². The number of carbonyl (C=O) groups excluding carboxylic acids is 1. The predicted molar refractivity (Wildman–Crippen MR) is 98.6 cm³/mol. The molecule has 0 bridgehead atoms. The van der Waals surface area contributed by atoms with Crippen LogP contribution in [-0.4, -0.2) is 84.1 Å². The van der Waals surface area contributed by atoms with E-state index < -0.39 is 0 Å². The highest BCUT2D eigenvalue weighted by molar-refractivity contribution is 5.83. The molecule has 2 aliphatic heterocycles. The van der Waals surface area contributed by atoms with Crippen molar-refractivity contribution in [2.24, 2.45) is 0 Å². The molecule has 0 aliphatic carbocycles. The number of rotatable bonds is 4. The second kappa shape index (κ2) is 8.17. The number of likely N-dealkylation sites (N-methyl/N-ethyl adjacent to an activating group) is 1. The molecule has 0 saturated carbocycles. The molecule has 2 fully saturated rings. The van der Waals surface area contributed by atoms with Gasteiger partial charge in [-0.15, -0.1) is 0 Å². The van der Waals surface area contributed by atoms with E-state index in [1.807, 2.05) is 17.0 Å². The van der Waals surface area contributed by atoms with E-state index in [-0.39, 0.29) is 17.7 Å². The van der Waals surface area contributed by atoms with Crippen LogP contribution in [0.5, 0.6) is 5.75 Å². The molecule has 2 saturated heterocycles. The summed E-state index contributed by atoms with van der Waals surface area (Å²) in [5, 5.41) is 13.3. The highest BCUT2D eigenvalue weighted by atomic mass is 16.3. The van der Waals surface area contributed by atoms with Crippen LogP contribution in [0.1, 0.15) is 25.5 Å². The van der Waals surface area contributed by atoms with Crippen LogP contribution in [0.4, 0.5) is 0 Å². The average Bonchev–Trinajstić information content (AvgIpc) is 2.62. The summed E-state index contributed by atoms with van der Waals surface area (Å²) in [7, 11) is 0. The Morgan fingerprint density at radius 1 is 1.28 bits per heavy atom. The van der Waals surface area contributed by atoms with Gasteiger partial charge in [0, 0.05) is 51.9 Å². The molecule has 2 heterocycles. The van der Waals surface area contributed by atoms with E-state index in [2.05, 4.69) is 29.0 Å². The average molecular weight is 346 g/mol. The first-order valence-electron chi connectivity index (χ1n) is 9.36. The SMILES string of the molecule is CCN1CCN(C(=O)C(c2cccc(O)c2)N2CCNC(C)C2)CC1. The van der Waals surface area contributed by atoms with E-state index in [0.29, 0.717) is 6.04 Å². The minimum absolute atomic E-state index is 0.162. The lowest BCUT2D eigenvalue weighted by molar-refractivity contribution is -0.139. The number of benzene rings is 1. The van der Waals surface area contributed by atoms with E-state index in [9.17, 15) is 9.90 Å². The Morgan fingerprint density at radius 2 is 2.04 bits per heavy atom. The molecule has 1 aromatic carbocycles. The summed E-state index contributed by atoms with van der Waals surface area (Å²) in [5.41, 5.74) is 0.886. The highest BCUT2D eigenvalue weighted by Crippen LogP contribution is 2.27. The van der Waals surface area contributed by atoms with Gasteiger partial charge in [0.2, 0.25) is 5.91 Å². The minimum Gasteiger partial charge on any atom is -0.508 e. The first-order chi connectivity index (χ1) is 12.1. The summed E-state index contributed by atoms with van der Waals surface area (Å²) in [6, 6.07) is 7.22. The second-order valence-corrected chi connectivity index (χ2v) is 7.11. The lowest BCUT2D eigenvalue weighted by Gasteiger charge is -2.41. The molecule has 3 rings (SSSR count). The summed E-state index contributed by atoms with van der Waals surface area (Å²) >= 11 is 0. The summed E-state index contributed by atoms with van der Waals surface area (Å²) in [5.74, 6) is 0.379. The normalized spacial score (nSPS) is 24.2. The molecule has 2 N–H and O–H groups in total. The molecule has 0 spiro atoms. The first kappa shape index (κ1) is 18.2. The fourth-order valence-corrected chi connectivity index (χ4v) is 3.86. The van der Waals surface area contributed by atoms with Gasteiger partial charge in [-0.1, -0.05) is 19.1 Å². The van der Waals surface area contributed by atoms with Gasteiger partial charge < -0.3 is 20.2 Å². The number of piperazine rings is 2. The Balaban J connectivity index is 1.82. The zero-order chi connectivity index (χ0) is 17.8. The van der Waals surface area contributed by atoms with Gasteiger partial charge in [-0.2, -0.15) is 0 Å². The van der Waals surface area contributed by atoms with E-state index in [1.165, 1.54) is 0 Å². The third-order valence-corrected chi connectivity index (χ3v) is 5.32. The maximum Gasteiger partial charge on any atom is 0.244 e. The van der Waals surface area contributed by atoms with Crippen molar-refractivity contribution in [2.75, 3.05) is 52.4 Å². The number of hydrogen-bond donors (Lipinski definition) is 2. The van der Waals surface area contributed by atoms with Crippen molar-refractivity contribution in [2.45, 2.75) is 25.9 Å². The fraction of sp³-hybridized carbons (Fsp3) is 0.632. The molecule has 6 heteroatoms. The van der Waals surface area contributed by atoms with E-state index in [1.54, 1.807) is 12.1 Å². The Bertz CT molecular complexity index is 587. The Labute approximate surface area is 150 Å². The molecule has 1 aromatic rings. The molecule has 2 atom stereocenters. The number of nitrogens with zero attached hydrogens (tertiary/aromatic N) is 3. The Kier molecular flexibility index (Phi) is 5.93. The van der Waals surface area contributed by atoms with Crippen LogP contribution >= 0.6 is 0 Å². The largest absolute Gasteiger partial charge is 0.508 e. The van der Waals surface area contributed by atoms with Crippen LogP contribution in [0, 0.1) is 0 Å². The van der Waals surface area contributed by atoms with Crippen molar-refractivity contribution in [1.29, 1.82) is 0 Å². The molecule has 2 unspecified atom stereocenters. The third-order valence-electron chi connectivity index (χ3n) is 5.32. The van der Waals surface area contributed by atoms with Crippen molar-refractivity contribution in [3.05, 3.63) is 29.8 Å². The first-order valence-corrected chi connectivity index (χ1v) is 9.36. The van der Waals surface area contributed by atoms with Gasteiger partial charge in [0.25, 0.3) is 0 Å². The fourth-order valence-electron chi connectivity index (χ4n) is 3.86. The summed E-state index contributed by atoms with van der Waals surface area (Å²) in [6.45, 7) is 11.3. The second-order valence-electron chi connectivity index (χ2n) is 7.11. The monoisotopic (exact) mass is 346 g/mol. The summed E-state index contributed by atoms with van der Waals surface area (Å²) < 4.78 is 0. The van der Waals surface area contributed by atoms with Crippen LogP contribution in [0.2, 0.25) is 0 Å². The Hall–Kier alpha value is -1.63. The number of aromatic hydroxyl groups is 1. The molecular weight excluding hydrogens is 316 g/mol. The minimum atomic E-state index is -0.315. The van der Waals surface area contributed by atoms with Gasteiger partial charge >= 0.3 is 0 Å². The molecule has 25 heavy (non-hydrogen) atoms. The number of phenols is 1. The Morgan fingerprint density at radius 3 is 2.68 bits per heavy atom. The van der Waals surface area contributed by atoms with Gasteiger partial charge in [-0.05, 0) is 31.2 Å². The van der Waals surface area contributed by atoms with Gasteiger partial charge in [0.1, 0.15) is 11.8 Å². The molecule has 138 valence electrons. The number of hydrogen-bond acceptors (Lipinski definition) is 5. The van der Waals surface area contributed by atoms with Crippen molar-refractivity contribution >= 4 is 5.91 Å². The van der Waals surface area contributed by atoms with Crippen molar-refractivity contribution in [3.8, 4) is 5.75 Å². The lowest BCUT2D eigenvalue weighted by atomic mass is 10.0. The quantitative estimate of drug-likeness (QED) is 0.848. The smallest absolute Gasteiger partial charge is 0.244 e. The van der Waals surface area contributed by atoms with Crippen LogP contribution in [-0.2, 0) is 4.79 Å². The lowest BCUT2D eigenvalue weighted by Crippen LogP contribution is -2.56. The number of nitrogens with one attached hydrogen (secondary N) is 1. The van der Waals surface area contributed by atoms with Crippen LogP contribution < -0.4 is 5.32 Å². The van der Waals surface area contributed by atoms with E-state index in [4.69, 9.17) is 0 Å². The van der Waals surface area contributed by atoms with Gasteiger partial charge in [0.05, 0.1) is 0 Å². The van der Waals surface area contributed by atoms with Crippen LogP contribution in [0.3, 0.4) is 0 Å². The van der Waals surface area contributed by atoms with Crippen molar-refractivity contribution in [3.63, 3.8) is 0 Å². The summed E-state index contributed by atoms with van der Waals surface area (Å²) in [4.78, 5) is 20.0. The number of amides is 1. The highest BCUT2D eigenvalue weighted by Gasteiger charge is 2.34. The number of phenolic OH excluding ortho intramolecular Hbond substituents is 1. The van der Waals surface area contributed by atoms with Gasteiger partial charge in [0.15, 0.2) is 0 Å². The van der Waals surface area contributed by atoms with Gasteiger partial charge in [-0.3, -0.25) is 9.69 Å². The maximum absolute atomic E-state index is 13.4. The molecule has 0 radical (unpaired) electrons. The summed E-state index contributed by atoms with van der Waals surface area (Å²) in [6.07, 6.45) is 0. The number of carbonyl (C=O) groups is 1. The van der Waals surface area contributed by atoms with Crippen LogP contribution in [0.25, 0.3) is 0 Å². The van der Waals surface area contributed by atoms with Gasteiger partial charge in [-0.25, -0.2) is 0 Å². The van der Waals surface area contributed by atoms with Crippen LogP contribution in [0.15, 0.2) is 24.3 Å². The standard InChI is InChI=1S/C19H30N4O2/c1-3-21-9-11-22(12-10-21)19(25)18(16-5-4-6-17(24)13-16)23-8-7-20-15(2)14-23/h4-6,13,15,18,20,24H,3,7-12,14H2,1-2H3. The zero-order valence-corrected chi connectivity index (χ0v) is 15.3.